The molecule has 1 atom stereocenters. The third kappa shape index (κ3) is 4.85. The lowest BCUT2D eigenvalue weighted by Crippen LogP contribution is -2.46. The van der Waals surface area contributed by atoms with Gasteiger partial charge in [-0.05, 0) is 42.0 Å². The number of ether oxygens (including phenoxy) is 2. The number of benzene rings is 2. The summed E-state index contributed by atoms with van der Waals surface area (Å²) in [7, 11) is -2.15. The average Bonchev–Trinajstić information content (AvgIpc) is 2.67. The second-order valence-electron chi connectivity index (χ2n) is 6.37. The first-order valence-corrected chi connectivity index (χ1v) is 10.1. The summed E-state index contributed by atoms with van der Waals surface area (Å²) in [6.45, 7) is 1.41. The van der Waals surface area contributed by atoms with Gasteiger partial charge in [0.1, 0.15) is 5.75 Å². The van der Waals surface area contributed by atoms with Gasteiger partial charge in [0.15, 0.2) is 0 Å². The molecule has 1 fully saturated rings. The van der Waals surface area contributed by atoms with Crippen LogP contribution in [0.3, 0.4) is 0 Å². The molecule has 0 saturated carbocycles. The highest BCUT2D eigenvalue weighted by Gasteiger charge is 2.25. The molecule has 27 heavy (non-hydrogen) atoms. The predicted octanol–water partition coefficient (Wildman–Crippen LogP) is 1.43. The van der Waals surface area contributed by atoms with Gasteiger partial charge in [0, 0.05) is 25.1 Å². The molecule has 2 aromatic carbocycles. The third-order valence-corrected chi connectivity index (χ3v) is 5.38. The molecular weight excluding hydrogens is 368 g/mol. The average molecular weight is 390 g/mol. The first-order chi connectivity index (χ1) is 12.9. The fourth-order valence-corrected chi connectivity index (χ4v) is 3.57. The van der Waals surface area contributed by atoms with Gasteiger partial charge in [0.25, 0.3) is 5.91 Å². The topological polar surface area (TPSA) is 98.9 Å². The number of carbonyl (C=O) groups excluding carboxylic acids is 1. The molecule has 0 spiro atoms. The number of nitrogens with zero attached hydrogens (tertiary/aromatic N) is 1. The summed E-state index contributed by atoms with van der Waals surface area (Å²) in [4.78, 5) is 14.4. The van der Waals surface area contributed by atoms with Crippen LogP contribution >= 0.6 is 0 Å². The molecule has 1 aliphatic heterocycles. The van der Waals surface area contributed by atoms with Crippen molar-refractivity contribution >= 4 is 15.9 Å². The zero-order valence-electron chi connectivity index (χ0n) is 15.0. The fourth-order valence-electron chi connectivity index (χ4n) is 3.06. The Morgan fingerprint density at radius 1 is 1.26 bits per heavy atom. The van der Waals surface area contributed by atoms with Crippen LogP contribution < -0.4 is 9.88 Å². The quantitative estimate of drug-likeness (QED) is 0.833. The molecule has 7 nitrogen and oxygen atoms in total. The number of hydrogen-bond acceptors (Lipinski definition) is 5. The maximum absolute atomic E-state index is 12.7. The van der Waals surface area contributed by atoms with Crippen LogP contribution in [0.5, 0.6) is 5.75 Å². The Hall–Kier alpha value is -2.42. The number of amides is 1. The van der Waals surface area contributed by atoms with E-state index in [1.165, 1.54) is 24.3 Å². The number of nitrogens with two attached hydrogens (primary N) is 1. The molecule has 0 unspecified atom stereocenters. The molecule has 144 valence electrons. The summed E-state index contributed by atoms with van der Waals surface area (Å²) in [6, 6.07) is 13.4. The Morgan fingerprint density at radius 3 is 2.67 bits per heavy atom. The van der Waals surface area contributed by atoms with Gasteiger partial charge < -0.3 is 14.4 Å². The van der Waals surface area contributed by atoms with E-state index in [1.54, 1.807) is 12.0 Å². The lowest BCUT2D eigenvalue weighted by Gasteiger charge is -2.33. The molecule has 0 aliphatic carbocycles. The smallest absolute Gasteiger partial charge is 0.254 e. The second kappa shape index (κ2) is 8.08. The van der Waals surface area contributed by atoms with E-state index in [0.717, 1.165) is 11.3 Å². The van der Waals surface area contributed by atoms with Crippen LogP contribution in [-0.2, 0) is 21.2 Å². The third-order valence-electron chi connectivity index (χ3n) is 4.45. The van der Waals surface area contributed by atoms with E-state index in [-0.39, 0.29) is 16.9 Å². The van der Waals surface area contributed by atoms with Gasteiger partial charge in [-0.3, -0.25) is 4.79 Å². The van der Waals surface area contributed by atoms with Crippen LogP contribution in [-0.4, -0.2) is 52.1 Å². The first kappa shape index (κ1) is 19.3. The minimum absolute atomic E-state index is 0.0167. The van der Waals surface area contributed by atoms with Crippen LogP contribution in [0.2, 0.25) is 0 Å². The highest BCUT2D eigenvalue weighted by atomic mass is 32.2. The van der Waals surface area contributed by atoms with Crippen molar-refractivity contribution < 1.29 is 22.7 Å². The summed E-state index contributed by atoms with van der Waals surface area (Å²) < 4.78 is 33.7. The number of methoxy groups -OCH3 is 1. The molecule has 0 bridgehead atoms. The molecule has 3 rings (SSSR count). The normalized spacial score (nSPS) is 17.6. The SMILES string of the molecule is COc1cccc(C[C@@H]2CN(C(=O)c3ccc(S(N)(=O)=O)cc3)CCO2)c1. The maximum Gasteiger partial charge on any atom is 0.254 e. The fraction of sp³-hybridized carbons (Fsp3) is 0.316. The van der Waals surface area contributed by atoms with E-state index >= 15 is 0 Å². The summed E-state index contributed by atoms with van der Waals surface area (Å²) in [5, 5.41) is 5.09. The van der Waals surface area contributed by atoms with Crippen LogP contribution in [0.15, 0.2) is 53.4 Å². The number of rotatable bonds is 5. The zero-order chi connectivity index (χ0) is 19.4. The Balaban J connectivity index is 1.67. The molecule has 2 aromatic rings. The van der Waals surface area contributed by atoms with Crippen molar-refractivity contribution in [1.29, 1.82) is 0 Å². The summed E-state index contributed by atoms with van der Waals surface area (Å²) >= 11 is 0. The molecule has 1 saturated heterocycles. The van der Waals surface area contributed by atoms with Crippen molar-refractivity contribution in [3.63, 3.8) is 0 Å². The van der Waals surface area contributed by atoms with Crippen LogP contribution in [0.25, 0.3) is 0 Å². The van der Waals surface area contributed by atoms with E-state index in [0.29, 0.717) is 31.7 Å². The molecule has 0 radical (unpaired) electrons. The van der Waals surface area contributed by atoms with Crippen molar-refractivity contribution in [2.45, 2.75) is 17.4 Å². The molecule has 0 aromatic heterocycles. The maximum atomic E-state index is 12.7. The van der Waals surface area contributed by atoms with Gasteiger partial charge >= 0.3 is 0 Å². The highest BCUT2D eigenvalue weighted by Crippen LogP contribution is 2.18. The van der Waals surface area contributed by atoms with Gasteiger partial charge in [-0.15, -0.1) is 0 Å². The number of carbonyl (C=O) groups is 1. The van der Waals surface area contributed by atoms with Gasteiger partial charge in [0.2, 0.25) is 10.0 Å². The van der Waals surface area contributed by atoms with Crippen molar-refractivity contribution in [3.8, 4) is 5.75 Å². The van der Waals surface area contributed by atoms with Gasteiger partial charge in [-0.1, -0.05) is 12.1 Å². The Kier molecular flexibility index (Phi) is 5.79. The van der Waals surface area contributed by atoms with E-state index in [1.807, 2.05) is 24.3 Å². The molecule has 1 heterocycles. The van der Waals surface area contributed by atoms with E-state index < -0.39 is 10.0 Å². The summed E-state index contributed by atoms with van der Waals surface area (Å²) in [5.74, 6) is 0.626. The monoisotopic (exact) mass is 390 g/mol. The van der Waals surface area contributed by atoms with Crippen molar-refractivity contribution in [3.05, 3.63) is 59.7 Å². The van der Waals surface area contributed by atoms with Crippen LogP contribution in [0, 0.1) is 0 Å². The van der Waals surface area contributed by atoms with Crippen molar-refractivity contribution in [1.82, 2.24) is 4.90 Å². The molecule has 8 heteroatoms. The van der Waals surface area contributed by atoms with Gasteiger partial charge in [-0.2, -0.15) is 0 Å². The minimum Gasteiger partial charge on any atom is -0.497 e. The Morgan fingerprint density at radius 2 is 2.00 bits per heavy atom. The Labute approximate surface area is 158 Å². The number of sulfonamides is 1. The van der Waals surface area contributed by atoms with Crippen LogP contribution in [0.4, 0.5) is 0 Å². The minimum atomic E-state index is -3.77. The zero-order valence-corrected chi connectivity index (χ0v) is 15.8. The predicted molar refractivity (Wildman–Crippen MR) is 100 cm³/mol. The first-order valence-electron chi connectivity index (χ1n) is 8.53. The standard InChI is InChI=1S/C19H22N2O5S/c1-25-16-4-2-3-14(11-16)12-17-13-21(9-10-26-17)19(22)15-5-7-18(8-6-15)27(20,23)24/h2-8,11,17H,9-10,12-13H2,1H3,(H2,20,23,24)/t17-/m1/s1. The largest absolute Gasteiger partial charge is 0.497 e. The number of primary sulfonamides is 1. The highest BCUT2D eigenvalue weighted by molar-refractivity contribution is 7.89. The molecule has 1 amide bonds. The molecular formula is C19H22N2O5S. The van der Waals surface area contributed by atoms with E-state index in [4.69, 9.17) is 14.6 Å². The number of morpholine rings is 1. The lowest BCUT2D eigenvalue weighted by molar-refractivity contribution is -0.0208. The van der Waals surface area contributed by atoms with Crippen molar-refractivity contribution in [2.24, 2.45) is 5.14 Å². The van der Waals surface area contributed by atoms with E-state index in [9.17, 15) is 13.2 Å². The Bertz CT molecular complexity index is 912. The van der Waals surface area contributed by atoms with Gasteiger partial charge in [0.05, 0.1) is 24.7 Å². The van der Waals surface area contributed by atoms with Crippen molar-refractivity contribution in [2.75, 3.05) is 26.8 Å². The van der Waals surface area contributed by atoms with E-state index in [2.05, 4.69) is 0 Å². The second-order valence-corrected chi connectivity index (χ2v) is 7.93. The summed E-state index contributed by atoms with van der Waals surface area (Å²) in [5.41, 5.74) is 1.50. The summed E-state index contributed by atoms with van der Waals surface area (Å²) in [6.07, 6.45) is 0.559. The lowest BCUT2D eigenvalue weighted by atomic mass is 10.1. The number of hydrogen-bond donors (Lipinski definition) is 1. The molecule has 1 aliphatic rings. The van der Waals surface area contributed by atoms with Gasteiger partial charge in [-0.25, -0.2) is 13.6 Å². The molecule has 2 N–H and O–H groups in total. The van der Waals surface area contributed by atoms with Crippen LogP contribution in [0.1, 0.15) is 15.9 Å².